The van der Waals surface area contributed by atoms with Crippen LogP contribution >= 0.6 is 0 Å². The number of hydrogen-bond donors (Lipinski definition) is 0. The van der Waals surface area contributed by atoms with Gasteiger partial charge >= 0.3 is 0 Å². The summed E-state index contributed by atoms with van der Waals surface area (Å²) in [5.74, 6) is 0. The normalized spacial score (nSPS) is 11.2. The molecule has 4 aromatic rings. The molecule has 2 heterocycles. The minimum atomic E-state index is 0.900. The van der Waals surface area contributed by atoms with Gasteiger partial charge in [-0.05, 0) is 23.8 Å². The first-order chi connectivity index (χ1) is 9.90. The smallest absolute Gasteiger partial charge is 0.232 e. The Kier molecular flexibility index (Phi) is 2.52. The molecule has 0 aliphatic heterocycles. The van der Waals surface area contributed by atoms with Crippen LogP contribution in [0.5, 0.6) is 0 Å². The van der Waals surface area contributed by atoms with Crippen LogP contribution in [0.3, 0.4) is 0 Å². The summed E-state index contributed by atoms with van der Waals surface area (Å²) in [5, 5.41) is 1.27. The molecule has 0 N–H and O–H groups in total. The standard InChI is InChI=1S/C18H15N2/c1-2-6-15(7-3-1)12-19-13-17-11-10-16-8-4-5-9-18(16)20(17)14-19/h1-11,13-14H,12H2/q+1. The van der Waals surface area contributed by atoms with Gasteiger partial charge in [0.1, 0.15) is 18.3 Å². The molecule has 0 radical (unpaired) electrons. The molecule has 0 bridgehead atoms. The summed E-state index contributed by atoms with van der Waals surface area (Å²) in [6.45, 7) is 0.900. The van der Waals surface area contributed by atoms with E-state index in [0.717, 1.165) is 6.54 Å². The van der Waals surface area contributed by atoms with Gasteiger partial charge in [-0.1, -0.05) is 48.5 Å². The summed E-state index contributed by atoms with van der Waals surface area (Å²) in [6.07, 6.45) is 4.37. The Labute approximate surface area is 117 Å². The minimum absolute atomic E-state index is 0.900. The maximum atomic E-state index is 2.25. The number of imidazole rings is 1. The molecule has 0 fully saturated rings. The van der Waals surface area contributed by atoms with E-state index in [1.165, 1.54) is 22.0 Å². The first kappa shape index (κ1) is 11.2. The Balaban J connectivity index is 1.84. The molecule has 0 atom stereocenters. The van der Waals surface area contributed by atoms with Crippen molar-refractivity contribution in [3.05, 3.63) is 84.8 Å². The topological polar surface area (TPSA) is 8.29 Å². The third-order valence-electron chi connectivity index (χ3n) is 3.68. The van der Waals surface area contributed by atoms with Gasteiger partial charge in [-0.2, -0.15) is 4.40 Å². The number of rotatable bonds is 2. The summed E-state index contributed by atoms with van der Waals surface area (Å²) in [6, 6.07) is 23.4. The number of fused-ring (bicyclic) bond motifs is 3. The van der Waals surface area contributed by atoms with Crippen LogP contribution in [0.25, 0.3) is 16.4 Å². The second kappa shape index (κ2) is 4.49. The molecule has 2 aromatic heterocycles. The van der Waals surface area contributed by atoms with E-state index >= 15 is 0 Å². The van der Waals surface area contributed by atoms with Crippen molar-refractivity contribution in [2.45, 2.75) is 6.54 Å². The minimum Gasteiger partial charge on any atom is -0.232 e. The Bertz CT molecular complexity index is 876. The Morgan fingerprint density at radius 2 is 1.60 bits per heavy atom. The highest BCUT2D eigenvalue weighted by Gasteiger charge is 2.10. The number of pyridine rings is 1. The highest BCUT2D eigenvalue weighted by atomic mass is 15.1. The third-order valence-corrected chi connectivity index (χ3v) is 3.68. The number of hydrogen-bond acceptors (Lipinski definition) is 0. The van der Waals surface area contributed by atoms with E-state index < -0.39 is 0 Å². The maximum absolute atomic E-state index is 2.25. The quantitative estimate of drug-likeness (QED) is 0.487. The van der Waals surface area contributed by atoms with Crippen molar-refractivity contribution in [1.29, 1.82) is 0 Å². The van der Waals surface area contributed by atoms with Crippen molar-refractivity contribution < 1.29 is 4.57 Å². The molecular formula is C18H15N2+. The molecular weight excluding hydrogens is 244 g/mol. The fourth-order valence-electron chi connectivity index (χ4n) is 2.71. The Morgan fingerprint density at radius 3 is 2.50 bits per heavy atom. The first-order valence-electron chi connectivity index (χ1n) is 6.83. The number of nitrogens with zero attached hydrogens (tertiary/aromatic N) is 2. The van der Waals surface area contributed by atoms with Crippen molar-refractivity contribution in [3.8, 4) is 0 Å². The average Bonchev–Trinajstić information content (AvgIpc) is 2.91. The van der Waals surface area contributed by atoms with Gasteiger partial charge in [-0.15, -0.1) is 0 Å². The summed E-state index contributed by atoms with van der Waals surface area (Å²) < 4.78 is 4.48. The summed E-state index contributed by atoms with van der Waals surface area (Å²) in [7, 11) is 0. The van der Waals surface area contributed by atoms with Crippen LogP contribution in [0, 0.1) is 0 Å². The molecule has 96 valence electrons. The Morgan fingerprint density at radius 1 is 0.800 bits per heavy atom. The molecule has 2 nitrogen and oxygen atoms in total. The molecule has 2 aromatic carbocycles. The molecule has 0 saturated heterocycles. The molecule has 0 aliphatic rings. The SMILES string of the molecule is c1ccc(C[n+]2cc3ccc4ccccc4n3c2)cc1. The molecule has 0 spiro atoms. The highest BCUT2D eigenvalue weighted by molar-refractivity contribution is 5.82. The fraction of sp³-hybridized carbons (Fsp3) is 0.0556. The van der Waals surface area contributed by atoms with E-state index in [-0.39, 0.29) is 0 Å². The van der Waals surface area contributed by atoms with Crippen LogP contribution in [0.1, 0.15) is 5.56 Å². The molecule has 0 aliphatic carbocycles. The van der Waals surface area contributed by atoms with Crippen LogP contribution in [-0.4, -0.2) is 4.40 Å². The van der Waals surface area contributed by atoms with Crippen LogP contribution in [-0.2, 0) is 6.54 Å². The van der Waals surface area contributed by atoms with Gasteiger partial charge in [0.2, 0.25) is 6.33 Å². The first-order valence-corrected chi connectivity index (χ1v) is 6.83. The van der Waals surface area contributed by atoms with E-state index in [1.807, 2.05) is 0 Å². The highest BCUT2D eigenvalue weighted by Crippen LogP contribution is 2.15. The van der Waals surface area contributed by atoms with E-state index in [2.05, 4.69) is 88.2 Å². The van der Waals surface area contributed by atoms with Gasteiger partial charge in [0.05, 0.1) is 0 Å². The second-order valence-corrected chi connectivity index (χ2v) is 5.09. The lowest BCUT2D eigenvalue weighted by Gasteiger charge is -1.96. The van der Waals surface area contributed by atoms with Crippen LogP contribution in [0.4, 0.5) is 0 Å². The Hall–Kier alpha value is -2.61. The zero-order chi connectivity index (χ0) is 13.4. The van der Waals surface area contributed by atoms with E-state index in [9.17, 15) is 0 Å². The van der Waals surface area contributed by atoms with E-state index in [0.29, 0.717) is 0 Å². The van der Waals surface area contributed by atoms with Crippen LogP contribution in [0.2, 0.25) is 0 Å². The summed E-state index contributed by atoms with van der Waals surface area (Å²) in [5.41, 5.74) is 3.79. The zero-order valence-corrected chi connectivity index (χ0v) is 11.1. The molecule has 0 saturated carbocycles. The molecule has 4 rings (SSSR count). The van der Waals surface area contributed by atoms with Gasteiger partial charge in [0.15, 0.2) is 5.52 Å². The molecule has 20 heavy (non-hydrogen) atoms. The zero-order valence-electron chi connectivity index (χ0n) is 11.1. The van der Waals surface area contributed by atoms with Crippen LogP contribution < -0.4 is 4.57 Å². The van der Waals surface area contributed by atoms with Crippen molar-refractivity contribution in [3.63, 3.8) is 0 Å². The molecule has 0 unspecified atom stereocenters. The van der Waals surface area contributed by atoms with Gasteiger partial charge in [0, 0.05) is 5.39 Å². The predicted molar refractivity (Wildman–Crippen MR) is 80.6 cm³/mol. The molecule has 0 amide bonds. The summed E-state index contributed by atoms with van der Waals surface area (Å²) in [4.78, 5) is 0. The van der Waals surface area contributed by atoms with Crippen molar-refractivity contribution in [2.24, 2.45) is 0 Å². The van der Waals surface area contributed by atoms with Gasteiger partial charge in [-0.25, -0.2) is 4.57 Å². The van der Waals surface area contributed by atoms with Crippen molar-refractivity contribution >= 4 is 16.4 Å². The second-order valence-electron chi connectivity index (χ2n) is 5.09. The number of aromatic nitrogens is 2. The van der Waals surface area contributed by atoms with E-state index in [1.54, 1.807) is 0 Å². The third kappa shape index (κ3) is 1.86. The molecule has 2 heteroatoms. The lowest BCUT2D eigenvalue weighted by Crippen LogP contribution is -2.31. The van der Waals surface area contributed by atoms with Crippen molar-refractivity contribution in [2.75, 3.05) is 0 Å². The van der Waals surface area contributed by atoms with Crippen molar-refractivity contribution in [1.82, 2.24) is 4.40 Å². The number of benzene rings is 2. The largest absolute Gasteiger partial charge is 0.249 e. The summed E-state index contributed by atoms with van der Waals surface area (Å²) >= 11 is 0. The average molecular weight is 259 g/mol. The maximum Gasteiger partial charge on any atom is 0.249 e. The predicted octanol–water partition coefficient (Wildman–Crippen LogP) is 3.43. The number of para-hydroxylation sites is 1. The fourth-order valence-corrected chi connectivity index (χ4v) is 2.71. The van der Waals surface area contributed by atoms with Crippen LogP contribution in [0.15, 0.2) is 79.3 Å². The van der Waals surface area contributed by atoms with Gasteiger partial charge in [0.25, 0.3) is 0 Å². The van der Waals surface area contributed by atoms with E-state index in [4.69, 9.17) is 0 Å². The lowest BCUT2D eigenvalue weighted by atomic mass is 10.2. The monoisotopic (exact) mass is 259 g/mol. The van der Waals surface area contributed by atoms with Gasteiger partial charge in [-0.3, -0.25) is 0 Å². The lowest BCUT2D eigenvalue weighted by molar-refractivity contribution is -0.686. The van der Waals surface area contributed by atoms with Gasteiger partial charge < -0.3 is 0 Å².